The minimum atomic E-state index is -4.86. The van der Waals surface area contributed by atoms with Crippen molar-refractivity contribution in [2.75, 3.05) is 5.32 Å². The summed E-state index contributed by atoms with van der Waals surface area (Å²) in [5.41, 5.74) is 2.31. The van der Waals surface area contributed by atoms with Gasteiger partial charge in [-0.25, -0.2) is 0 Å². The number of aromatic amines is 1. The van der Waals surface area contributed by atoms with Crippen molar-refractivity contribution in [2.45, 2.75) is 44.4 Å². The normalized spacial score (nSPS) is 14.3. The van der Waals surface area contributed by atoms with Crippen molar-refractivity contribution >= 4 is 29.0 Å². The number of halogens is 3. The van der Waals surface area contributed by atoms with Gasteiger partial charge in [0.05, 0.1) is 0 Å². The molecule has 2 N–H and O–H groups in total. The van der Waals surface area contributed by atoms with Crippen molar-refractivity contribution in [1.29, 1.82) is 0 Å². The van der Waals surface area contributed by atoms with E-state index in [0.29, 0.717) is 11.5 Å². The Morgan fingerprint density at radius 3 is 2.02 bits per heavy atom. The van der Waals surface area contributed by atoms with E-state index in [2.05, 4.69) is 30.7 Å². The third-order valence-electron chi connectivity index (χ3n) is 7.17. The first-order chi connectivity index (χ1) is 20.7. The number of rotatable bonds is 9. The van der Waals surface area contributed by atoms with E-state index < -0.39 is 29.6 Å². The Balaban J connectivity index is 1.42. The lowest BCUT2D eigenvalue weighted by Crippen LogP contribution is -2.17. The number of allylic oxidation sites excluding steroid dienone is 2. The molecule has 0 radical (unpaired) electrons. The minimum Gasteiger partial charge on any atom is -0.406 e. The summed E-state index contributed by atoms with van der Waals surface area (Å²) in [5, 5.41) is 15.4. The van der Waals surface area contributed by atoms with Crippen LogP contribution in [0.25, 0.3) is 5.57 Å². The number of benzene rings is 3. The molecular formula is C31H26F3N5O4. The molecule has 1 aliphatic rings. The highest BCUT2D eigenvalue weighted by Gasteiger charge is 2.31. The average molecular weight is 590 g/mol. The van der Waals surface area contributed by atoms with Crippen molar-refractivity contribution < 1.29 is 32.3 Å². The second kappa shape index (κ2) is 12.8. The van der Waals surface area contributed by atoms with Crippen LogP contribution in [0.15, 0.2) is 78.9 Å². The largest absolute Gasteiger partial charge is 0.573 e. The van der Waals surface area contributed by atoms with E-state index in [-0.39, 0.29) is 28.2 Å². The predicted octanol–water partition coefficient (Wildman–Crippen LogP) is 6.55. The summed E-state index contributed by atoms with van der Waals surface area (Å²) >= 11 is 0. The second-order valence-electron chi connectivity index (χ2n) is 10.0. The maximum absolute atomic E-state index is 13.7. The zero-order chi connectivity index (χ0) is 30.4. The van der Waals surface area contributed by atoms with Gasteiger partial charge >= 0.3 is 6.36 Å². The van der Waals surface area contributed by atoms with Crippen LogP contribution >= 0.6 is 0 Å². The Hall–Kier alpha value is -5.13. The number of ketones is 2. The topological polar surface area (TPSA) is 127 Å². The number of aromatic nitrogens is 4. The average Bonchev–Trinajstić information content (AvgIpc) is 3.53. The van der Waals surface area contributed by atoms with E-state index in [1.807, 2.05) is 12.1 Å². The van der Waals surface area contributed by atoms with Gasteiger partial charge in [0.1, 0.15) is 5.75 Å². The monoisotopic (exact) mass is 589 g/mol. The molecule has 0 unspecified atom stereocenters. The van der Waals surface area contributed by atoms with E-state index in [0.717, 1.165) is 25.0 Å². The highest BCUT2D eigenvalue weighted by molar-refractivity contribution is 6.32. The molecule has 1 aliphatic carbocycles. The Bertz CT molecular complexity index is 1610. The van der Waals surface area contributed by atoms with E-state index in [9.17, 15) is 27.6 Å². The lowest BCUT2D eigenvalue weighted by atomic mass is 9.83. The third kappa shape index (κ3) is 7.59. The summed E-state index contributed by atoms with van der Waals surface area (Å²) in [5.74, 6) is -1.59. The molecule has 3 aromatic carbocycles. The molecule has 0 spiro atoms. The Morgan fingerprint density at radius 2 is 1.42 bits per heavy atom. The highest BCUT2D eigenvalue weighted by Crippen LogP contribution is 2.33. The number of Topliss-reactive ketones (excluding diaryl/α,β-unsaturated/α-hetero) is 1. The van der Waals surface area contributed by atoms with Crippen LogP contribution in [-0.2, 0) is 0 Å². The SMILES string of the molecule is O=C(C=C(C(=O)c1ccc(C(=O)Nc2nn[nH]n2)cc1)c1ccc(C2CCCCC2)cc1)c1ccc(OC(F)(F)F)cc1. The molecule has 0 atom stereocenters. The zero-order valence-electron chi connectivity index (χ0n) is 22.7. The Kier molecular flexibility index (Phi) is 8.74. The smallest absolute Gasteiger partial charge is 0.406 e. The molecule has 9 nitrogen and oxygen atoms in total. The summed E-state index contributed by atoms with van der Waals surface area (Å²) in [6.07, 6.45) is 2.06. The number of carbonyl (C=O) groups is 3. The van der Waals surface area contributed by atoms with Gasteiger partial charge in [0.25, 0.3) is 11.9 Å². The predicted molar refractivity (Wildman–Crippen MR) is 151 cm³/mol. The molecule has 5 rings (SSSR count). The van der Waals surface area contributed by atoms with Crippen LogP contribution in [0, 0.1) is 0 Å². The number of anilines is 1. The first-order valence-electron chi connectivity index (χ1n) is 13.6. The number of ether oxygens (including phenoxy) is 1. The maximum Gasteiger partial charge on any atom is 0.573 e. The minimum absolute atomic E-state index is 0.0106. The van der Waals surface area contributed by atoms with E-state index in [4.69, 9.17) is 0 Å². The van der Waals surface area contributed by atoms with Gasteiger partial charge in [-0.3, -0.25) is 19.7 Å². The van der Waals surface area contributed by atoms with Gasteiger partial charge in [-0.15, -0.1) is 18.3 Å². The first-order valence-corrected chi connectivity index (χ1v) is 13.6. The molecule has 220 valence electrons. The molecule has 0 saturated heterocycles. The van der Waals surface area contributed by atoms with Crippen LogP contribution in [0.5, 0.6) is 5.75 Å². The van der Waals surface area contributed by atoms with Gasteiger partial charge in [0, 0.05) is 22.3 Å². The fraction of sp³-hybridized carbons (Fsp3) is 0.226. The van der Waals surface area contributed by atoms with Crippen molar-refractivity contribution in [1.82, 2.24) is 20.6 Å². The lowest BCUT2D eigenvalue weighted by molar-refractivity contribution is -0.274. The molecule has 4 aromatic rings. The molecule has 0 aliphatic heterocycles. The van der Waals surface area contributed by atoms with Crippen LogP contribution in [0.3, 0.4) is 0 Å². The summed E-state index contributed by atoms with van der Waals surface area (Å²) in [7, 11) is 0. The molecule has 1 fully saturated rings. The number of hydrogen-bond donors (Lipinski definition) is 2. The van der Waals surface area contributed by atoms with Crippen LogP contribution in [0.1, 0.15) is 80.2 Å². The summed E-state index contributed by atoms with van der Waals surface area (Å²) in [6, 6.07) is 17.8. The zero-order valence-corrected chi connectivity index (χ0v) is 22.7. The van der Waals surface area contributed by atoms with Crippen molar-refractivity contribution in [3.63, 3.8) is 0 Å². The van der Waals surface area contributed by atoms with Crippen LogP contribution in [-0.4, -0.2) is 44.5 Å². The van der Waals surface area contributed by atoms with Crippen LogP contribution in [0.4, 0.5) is 19.1 Å². The number of alkyl halides is 3. The van der Waals surface area contributed by atoms with Crippen LogP contribution < -0.4 is 10.1 Å². The number of tetrazole rings is 1. The number of hydrogen-bond acceptors (Lipinski definition) is 7. The van der Waals surface area contributed by atoms with Gasteiger partial charge in [0.2, 0.25) is 0 Å². The number of amides is 1. The number of nitrogens with one attached hydrogen (secondary N) is 2. The maximum atomic E-state index is 13.7. The number of nitrogens with zero attached hydrogens (tertiary/aromatic N) is 3. The summed E-state index contributed by atoms with van der Waals surface area (Å²) in [4.78, 5) is 39.4. The van der Waals surface area contributed by atoms with Crippen molar-refractivity contribution in [3.05, 3.63) is 107 Å². The van der Waals surface area contributed by atoms with Crippen molar-refractivity contribution in [3.8, 4) is 5.75 Å². The van der Waals surface area contributed by atoms with Gasteiger partial charge in [0.15, 0.2) is 11.6 Å². The summed E-state index contributed by atoms with van der Waals surface area (Å²) in [6.45, 7) is 0. The third-order valence-corrected chi connectivity index (χ3v) is 7.17. The molecule has 1 amide bonds. The van der Waals surface area contributed by atoms with E-state index in [1.165, 1.54) is 67.3 Å². The Morgan fingerprint density at radius 1 is 0.814 bits per heavy atom. The molecule has 1 heterocycles. The molecule has 1 aromatic heterocycles. The number of H-pyrrole nitrogens is 1. The highest BCUT2D eigenvalue weighted by atomic mass is 19.4. The number of carbonyl (C=O) groups excluding carboxylic acids is 3. The van der Waals surface area contributed by atoms with Gasteiger partial charge in [-0.1, -0.05) is 60.8 Å². The summed E-state index contributed by atoms with van der Waals surface area (Å²) < 4.78 is 41.5. The first kappa shape index (κ1) is 29.4. The van der Waals surface area contributed by atoms with Crippen LogP contribution in [0.2, 0.25) is 0 Å². The van der Waals surface area contributed by atoms with E-state index in [1.54, 1.807) is 12.1 Å². The molecule has 43 heavy (non-hydrogen) atoms. The molecule has 0 bridgehead atoms. The molecule has 1 saturated carbocycles. The van der Waals surface area contributed by atoms with Gasteiger partial charge in [-0.05, 0) is 77.6 Å². The standard InChI is InChI=1S/C31H26F3N5O4/c32-31(33,34)43-25-16-14-22(15-17-25)27(40)18-26(21-8-6-20(7-9-21)19-4-2-1-3-5-19)28(41)23-10-12-24(13-11-23)29(42)35-30-36-38-39-37-30/h6-19H,1-5H2,(H2,35,36,37,38,39,42). The fourth-order valence-electron chi connectivity index (χ4n) is 5.00. The second-order valence-corrected chi connectivity index (χ2v) is 10.0. The van der Waals surface area contributed by atoms with Gasteiger partial charge < -0.3 is 4.74 Å². The fourth-order valence-corrected chi connectivity index (χ4v) is 5.00. The van der Waals surface area contributed by atoms with Crippen molar-refractivity contribution in [2.24, 2.45) is 0 Å². The Labute approximate surface area is 244 Å². The molecular weight excluding hydrogens is 563 g/mol. The lowest BCUT2D eigenvalue weighted by Gasteiger charge is -2.22. The van der Waals surface area contributed by atoms with E-state index >= 15 is 0 Å². The molecule has 12 heteroatoms. The quantitative estimate of drug-likeness (QED) is 0.167. The van der Waals surface area contributed by atoms with Gasteiger partial charge in [-0.2, -0.15) is 5.21 Å².